The molecule has 2 rings (SSSR count). The van der Waals surface area contributed by atoms with E-state index >= 15 is 0 Å². The number of hydrogen-bond acceptors (Lipinski definition) is 1. The Hall–Kier alpha value is -0.430. The smallest absolute Gasteiger partial charge is 0.248 e. The summed E-state index contributed by atoms with van der Waals surface area (Å²) in [6.45, 7) is 0. The van der Waals surface area contributed by atoms with Gasteiger partial charge in [0.25, 0.3) is 0 Å². The van der Waals surface area contributed by atoms with Crippen molar-refractivity contribution < 1.29 is 4.39 Å². The quantitative estimate of drug-likeness (QED) is 0.563. The molecular formula is C9H4BrFINO. The van der Waals surface area contributed by atoms with Crippen LogP contribution in [0.1, 0.15) is 0 Å². The largest absolute Gasteiger partial charge is 0.321 e. The molecular weight excluding hydrogens is 364 g/mol. The summed E-state index contributed by atoms with van der Waals surface area (Å²) in [5.41, 5.74) is 0.316. The molecule has 0 saturated carbocycles. The predicted octanol–water partition coefficient (Wildman–Crippen LogP) is 3.03. The average molecular weight is 368 g/mol. The minimum Gasteiger partial charge on any atom is -0.321 e. The minimum atomic E-state index is -0.347. The van der Waals surface area contributed by atoms with Crippen molar-refractivity contribution in [2.45, 2.75) is 0 Å². The number of H-pyrrole nitrogens is 1. The third kappa shape index (κ3) is 1.58. The van der Waals surface area contributed by atoms with Gasteiger partial charge in [-0.1, -0.05) is 0 Å². The molecule has 1 aromatic heterocycles. The highest BCUT2D eigenvalue weighted by Crippen LogP contribution is 2.27. The van der Waals surface area contributed by atoms with E-state index in [-0.39, 0.29) is 11.4 Å². The monoisotopic (exact) mass is 367 g/mol. The molecule has 0 unspecified atom stereocenters. The van der Waals surface area contributed by atoms with Gasteiger partial charge in [0.1, 0.15) is 0 Å². The van der Waals surface area contributed by atoms with Crippen LogP contribution >= 0.6 is 38.5 Å². The molecule has 1 N–H and O–H groups in total. The molecule has 0 fully saturated rings. The first-order chi connectivity index (χ1) is 6.59. The number of benzene rings is 1. The van der Waals surface area contributed by atoms with Crippen LogP contribution in [0.15, 0.2) is 27.5 Å². The lowest BCUT2D eigenvalue weighted by Crippen LogP contribution is -2.04. The summed E-state index contributed by atoms with van der Waals surface area (Å²) in [4.78, 5) is 13.6. The number of nitrogens with one attached hydrogen (secondary N) is 1. The Morgan fingerprint density at radius 2 is 2.14 bits per heavy atom. The van der Waals surface area contributed by atoms with Gasteiger partial charge in [0, 0.05) is 11.5 Å². The van der Waals surface area contributed by atoms with Crippen LogP contribution in [0.25, 0.3) is 10.9 Å². The van der Waals surface area contributed by atoms with Crippen molar-refractivity contribution in [3.63, 3.8) is 0 Å². The van der Waals surface area contributed by atoms with Crippen LogP contribution in [0.4, 0.5) is 4.39 Å². The van der Waals surface area contributed by atoms with Crippen LogP contribution in [-0.2, 0) is 0 Å². The maximum Gasteiger partial charge on any atom is 0.248 e. The number of fused-ring (bicyclic) bond motifs is 1. The van der Waals surface area contributed by atoms with Crippen LogP contribution in [-0.4, -0.2) is 4.98 Å². The third-order valence-corrected chi connectivity index (χ3v) is 3.45. The Morgan fingerprint density at radius 1 is 1.43 bits per heavy atom. The maximum absolute atomic E-state index is 13.4. The maximum atomic E-state index is 13.4. The first kappa shape index (κ1) is 10.1. The van der Waals surface area contributed by atoms with Gasteiger partial charge < -0.3 is 4.98 Å². The molecule has 0 aliphatic carbocycles. The lowest BCUT2D eigenvalue weighted by Gasteiger charge is -2.03. The summed E-state index contributed by atoms with van der Waals surface area (Å²) in [5, 5.41) is 0.808. The van der Waals surface area contributed by atoms with Gasteiger partial charge >= 0.3 is 0 Å². The molecule has 0 aliphatic rings. The third-order valence-electron chi connectivity index (χ3n) is 1.86. The molecule has 14 heavy (non-hydrogen) atoms. The van der Waals surface area contributed by atoms with Crippen molar-refractivity contribution in [3.05, 3.63) is 42.4 Å². The zero-order valence-corrected chi connectivity index (χ0v) is 10.5. The van der Waals surface area contributed by atoms with E-state index < -0.39 is 0 Å². The number of pyridine rings is 1. The van der Waals surface area contributed by atoms with Crippen molar-refractivity contribution in [1.82, 2.24) is 4.98 Å². The van der Waals surface area contributed by atoms with Crippen LogP contribution in [0.5, 0.6) is 0 Å². The molecule has 0 amide bonds. The fourth-order valence-corrected chi connectivity index (χ4v) is 2.75. The predicted molar refractivity (Wildman–Crippen MR) is 64.9 cm³/mol. The van der Waals surface area contributed by atoms with Crippen molar-refractivity contribution in [1.29, 1.82) is 0 Å². The molecule has 2 nitrogen and oxygen atoms in total. The van der Waals surface area contributed by atoms with E-state index in [1.807, 2.05) is 22.6 Å². The van der Waals surface area contributed by atoms with E-state index in [0.717, 1.165) is 5.39 Å². The summed E-state index contributed by atoms with van der Waals surface area (Å²) < 4.78 is 14.2. The number of halogens is 3. The number of hydrogen-bond donors (Lipinski definition) is 1. The molecule has 0 atom stereocenters. The lowest BCUT2D eigenvalue weighted by atomic mass is 10.2. The highest BCUT2D eigenvalue weighted by Gasteiger charge is 2.09. The molecule has 0 aliphatic heterocycles. The Kier molecular flexibility index (Phi) is 2.61. The van der Waals surface area contributed by atoms with Gasteiger partial charge in [0.05, 0.1) is 13.6 Å². The fraction of sp³-hybridized carbons (Fsp3) is 0. The van der Waals surface area contributed by atoms with E-state index in [9.17, 15) is 9.18 Å². The minimum absolute atomic E-state index is 0.225. The SMILES string of the molecule is O=c1ccc2cc(Br)c(F)c(I)c2[nH]1. The van der Waals surface area contributed by atoms with Gasteiger partial charge in [-0.05, 0) is 50.7 Å². The van der Waals surface area contributed by atoms with Crippen LogP contribution in [0, 0.1) is 9.39 Å². The highest BCUT2D eigenvalue weighted by atomic mass is 127. The normalized spacial score (nSPS) is 10.8. The van der Waals surface area contributed by atoms with Gasteiger partial charge in [-0.3, -0.25) is 4.79 Å². The standard InChI is InChI=1S/C9H4BrFINO/c10-5-3-4-1-2-6(14)13-9(4)8(12)7(5)11/h1-3H,(H,13,14). The van der Waals surface area contributed by atoms with Gasteiger partial charge in [-0.2, -0.15) is 0 Å². The Balaban J connectivity index is 2.99. The topological polar surface area (TPSA) is 32.9 Å². The van der Waals surface area contributed by atoms with E-state index in [4.69, 9.17) is 0 Å². The Labute approximate surface area is 101 Å². The molecule has 2 aromatic rings. The summed E-state index contributed by atoms with van der Waals surface area (Å²) >= 11 is 4.98. The Bertz CT molecular complexity index is 566. The second-order valence-electron chi connectivity index (χ2n) is 2.77. The number of rotatable bonds is 0. The second-order valence-corrected chi connectivity index (χ2v) is 4.71. The highest BCUT2D eigenvalue weighted by molar-refractivity contribution is 14.1. The average Bonchev–Trinajstić information content (AvgIpc) is 2.16. The molecule has 0 bridgehead atoms. The van der Waals surface area contributed by atoms with Gasteiger partial charge in [0.15, 0.2) is 5.82 Å². The van der Waals surface area contributed by atoms with Crippen LogP contribution in [0.3, 0.4) is 0 Å². The fourth-order valence-electron chi connectivity index (χ4n) is 1.20. The Morgan fingerprint density at radius 3 is 2.86 bits per heavy atom. The van der Waals surface area contributed by atoms with Crippen LogP contribution in [0.2, 0.25) is 0 Å². The zero-order valence-electron chi connectivity index (χ0n) is 6.77. The van der Waals surface area contributed by atoms with Gasteiger partial charge in [-0.25, -0.2) is 4.39 Å². The van der Waals surface area contributed by atoms with Crippen molar-refractivity contribution in [3.8, 4) is 0 Å². The van der Waals surface area contributed by atoms with Crippen LogP contribution < -0.4 is 5.56 Å². The number of aromatic nitrogens is 1. The van der Waals surface area contributed by atoms with Crippen molar-refractivity contribution in [2.75, 3.05) is 0 Å². The number of aromatic amines is 1. The summed E-state index contributed by atoms with van der Waals surface area (Å²) in [7, 11) is 0. The first-order valence-electron chi connectivity index (χ1n) is 3.76. The molecule has 5 heteroatoms. The van der Waals surface area contributed by atoms with E-state index in [1.54, 1.807) is 12.1 Å². The van der Waals surface area contributed by atoms with Crippen molar-refractivity contribution >= 4 is 49.4 Å². The van der Waals surface area contributed by atoms with E-state index in [1.165, 1.54) is 6.07 Å². The van der Waals surface area contributed by atoms with E-state index in [2.05, 4.69) is 20.9 Å². The lowest BCUT2D eigenvalue weighted by molar-refractivity contribution is 0.615. The molecule has 0 saturated heterocycles. The van der Waals surface area contributed by atoms with Gasteiger partial charge in [-0.15, -0.1) is 0 Å². The summed E-state index contributed by atoms with van der Waals surface area (Å²) in [6, 6.07) is 4.73. The van der Waals surface area contributed by atoms with E-state index in [0.29, 0.717) is 13.6 Å². The molecule has 72 valence electrons. The molecule has 1 aromatic carbocycles. The van der Waals surface area contributed by atoms with Gasteiger partial charge in [0.2, 0.25) is 5.56 Å². The summed E-state index contributed by atoms with van der Waals surface area (Å²) in [6.07, 6.45) is 0. The molecule has 0 radical (unpaired) electrons. The summed E-state index contributed by atoms with van der Waals surface area (Å²) in [5.74, 6) is -0.347. The first-order valence-corrected chi connectivity index (χ1v) is 5.63. The molecule has 0 spiro atoms. The zero-order chi connectivity index (χ0) is 10.3. The van der Waals surface area contributed by atoms with Crippen molar-refractivity contribution in [2.24, 2.45) is 0 Å². The second kappa shape index (κ2) is 3.62. The molecule has 1 heterocycles.